The molecule has 0 N–H and O–H groups in total. The first-order valence-corrected chi connectivity index (χ1v) is 17.8. The minimum absolute atomic E-state index is 0.914. The number of aryl methyl sites for hydroxylation is 2. The van der Waals surface area contributed by atoms with Crippen molar-refractivity contribution in [3.63, 3.8) is 0 Å². The molecule has 0 unspecified atom stereocenters. The fourth-order valence-corrected chi connectivity index (χ4v) is 8.91. The van der Waals surface area contributed by atoms with Crippen molar-refractivity contribution in [1.82, 2.24) is 0 Å². The van der Waals surface area contributed by atoms with Crippen LogP contribution in [0.4, 0.5) is 0 Å². The number of rotatable bonds is 3. The molecule has 0 spiro atoms. The van der Waals surface area contributed by atoms with E-state index in [1.165, 1.54) is 92.8 Å². The number of hydrogen-bond donors (Lipinski definition) is 0. The van der Waals surface area contributed by atoms with Crippen LogP contribution < -0.4 is 0 Å². The summed E-state index contributed by atoms with van der Waals surface area (Å²) in [4.78, 5) is 0. The van der Waals surface area contributed by atoms with Gasteiger partial charge in [0, 0.05) is 16.3 Å². The molecule has 1 heterocycles. The van der Waals surface area contributed by atoms with E-state index < -0.39 is 0 Å². The first kappa shape index (κ1) is 28.4. The van der Waals surface area contributed by atoms with Gasteiger partial charge < -0.3 is 4.42 Å². The molecule has 11 aromatic rings. The minimum atomic E-state index is 0.914. The van der Waals surface area contributed by atoms with Gasteiger partial charge in [-0.2, -0.15) is 0 Å². The van der Waals surface area contributed by atoms with Crippen LogP contribution in [0.2, 0.25) is 0 Å². The van der Waals surface area contributed by atoms with E-state index in [1.54, 1.807) is 0 Å². The molecular weight excluding hydrogens is 617 g/mol. The Hall–Kier alpha value is -6.44. The van der Waals surface area contributed by atoms with Gasteiger partial charge in [0.25, 0.3) is 0 Å². The zero-order chi connectivity index (χ0) is 33.8. The summed E-state index contributed by atoms with van der Waals surface area (Å²) in [7, 11) is 0. The van der Waals surface area contributed by atoms with Crippen LogP contribution in [0.25, 0.3) is 109 Å². The Morgan fingerprint density at radius 3 is 1.51 bits per heavy atom. The molecule has 1 nitrogen and oxygen atoms in total. The highest BCUT2D eigenvalue weighted by atomic mass is 16.3. The number of para-hydroxylation sites is 2. The van der Waals surface area contributed by atoms with E-state index in [0.29, 0.717) is 0 Å². The SMILES string of the molecule is Cc1ccc(-c2ccc3ccc4c(-c5ccc(C)c6ccccc56)cc(-c5cccc6c5oc5ccccc56)c5ccc2c3c45)c2ccccc12. The molecule has 1 aromatic heterocycles. The molecule has 0 fully saturated rings. The second-order valence-corrected chi connectivity index (χ2v) is 14.1. The lowest BCUT2D eigenvalue weighted by Gasteiger charge is -2.21. The van der Waals surface area contributed by atoms with E-state index in [2.05, 4.69) is 172 Å². The van der Waals surface area contributed by atoms with Gasteiger partial charge in [-0.1, -0.05) is 146 Å². The Balaban J connectivity index is 1.31. The van der Waals surface area contributed by atoms with Gasteiger partial charge in [0.2, 0.25) is 0 Å². The maximum atomic E-state index is 6.69. The predicted molar refractivity (Wildman–Crippen MR) is 218 cm³/mol. The van der Waals surface area contributed by atoms with Gasteiger partial charge in [-0.05, 0) is 119 Å². The van der Waals surface area contributed by atoms with Gasteiger partial charge >= 0.3 is 0 Å². The molecule has 0 atom stereocenters. The topological polar surface area (TPSA) is 13.1 Å². The molecule has 0 aliphatic rings. The molecule has 10 aromatic carbocycles. The number of benzene rings is 10. The van der Waals surface area contributed by atoms with E-state index in [-0.39, 0.29) is 0 Å². The van der Waals surface area contributed by atoms with Gasteiger partial charge in [0.05, 0.1) is 0 Å². The fraction of sp³-hybridized carbons (Fsp3) is 0.0400. The second-order valence-electron chi connectivity index (χ2n) is 14.1. The molecule has 0 saturated heterocycles. The summed E-state index contributed by atoms with van der Waals surface area (Å²) in [5.41, 5.74) is 11.8. The van der Waals surface area contributed by atoms with Crippen molar-refractivity contribution in [1.29, 1.82) is 0 Å². The molecule has 0 aliphatic carbocycles. The van der Waals surface area contributed by atoms with Crippen molar-refractivity contribution < 1.29 is 4.42 Å². The summed E-state index contributed by atoms with van der Waals surface area (Å²) in [5.74, 6) is 0. The molecule has 238 valence electrons. The molecule has 0 amide bonds. The van der Waals surface area contributed by atoms with E-state index in [0.717, 1.165) is 27.5 Å². The molecule has 51 heavy (non-hydrogen) atoms. The lowest BCUT2D eigenvalue weighted by Crippen LogP contribution is -1.94. The van der Waals surface area contributed by atoms with Gasteiger partial charge in [-0.3, -0.25) is 0 Å². The van der Waals surface area contributed by atoms with Crippen molar-refractivity contribution in [3.05, 3.63) is 169 Å². The van der Waals surface area contributed by atoms with Crippen LogP contribution in [0.15, 0.2) is 162 Å². The molecule has 0 saturated carbocycles. The largest absolute Gasteiger partial charge is 0.455 e. The third kappa shape index (κ3) is 3.98. The van der Waals surface area contributed by atoms with E-state index in [1.807, 2.05) is 0 Å². The monoisotopic (exact) mass is 648 g/mol. The third-order valence-electron chi connectivity index (χ3n) is 11.3. The smallest absolute Gasteiger partial charge is 0.143 e. The van der Waals surface area contributed by atoms with Gasteiger partial charge in [0.1, 0.15) is 11.2 Å². The Morgan fingerprint density at radius 1 is 0.314 bits per heavy atom. The van der Waals surface area contributed by atoms with Crippen molar-refractivity contribution in [2.24, 2.45) is 0 Å². The zero-order valence-corrected chi connectivity index (χ0v) is 28.4. The minimum Gasteiger partial charge on any atom is -0.455 e. The molecule has 0 aliphatic heterocycles. The summed E-state index contributed by atoms with van der Waals surface area (Å²) in [6.07, 6.45) is 0. The Labute approximate surface area is 295 Å². The van der Waals surface area contributed by atoms with Crippen LogP contribution >= 0.6 is 0 Å². The molecule has 0 radical (unpaired) electrons. The zero-order valence-electron chi connectivity index (χ0n) is 28.4. The first-order chi connectivity index (χ1) is 25.1. The number of fused-ring (bicyclic) bond motifs is 5. The van der Waals surface area contributed by atoms with Crippen LogP contribution in [0.1, 0.15) is 11.1 Å². The average Bonchev–Trinajstić information content (AvgIpc) is 3.57. The Bertz CT molecular complexity index is 3210. The average molecular weight is 649 g/mol. The first-order valence-electron chi connectivity index (χ1n) is 17.8. The van der Waals surface area contributed by atoms with Crippen LogP contribution in [-0.4, -0.2) is 0 Å². The van der Waals surface area contributed by atoms with Gasteiger partial charge in [0.15, 0.2) is 0 Å². The number of hydrogen-bond acceptors (Lipinski definition) is 1. The number of furan rings is 1. The molecule has 0 bridgehead atoms. The summed E-state index contributed by atoms with van der Waals surface area (Å²) < 4.78 is 6.69. The van der Waals surface area contributed by atoms with E-state index >= 15 is 0 Å². The van der Waals surface area contributed by atoms with Crippen molar-refractivity contribution in [3.8, 4) is 33.4 Å². The van der Waals surface area contributed by atoms with Crippen LogP contribution in [-0.2, 0) is 0 Å². The fourth-order valence-electron chi connectivity index (χ4n) is 8.91. The lowest BCUT2D eigenvalue weighted by atomic mass is 9.82. The van der Waals surface area contributed by atoms with E-state index in [9.17, 15) is 0 Å². The van der Waals surface area contributed by atoms with Crippen molar-refractivity contribution in [2.75, 3.05) is 0 Å². The van der Waals surface area contributed by atoms with Gasteiger partial charge in [-0.15, -0.1) is 0 Å². The lowest BCUT2D eigenvalue weighted by molar-refractivity contribution is 0.670. The Morgan fingerprint density at radius 2 is 0.804 bits per heavy atom. The molecule has 1 heteroatoms. The molecule has 11 rings (SSSR count). The maximum absolute atomic E-state index is 6.69. The summed E-state index contributed by atoms with van der Waals surface area (Å²) in [6, 6.07) is 58.2. The third-order valence-corrected chi connectivity index (χ3v) is 11.3. The van der Waals surface area contributed by atoms with Crippen LogP contribution in [0.3, 0.4) is 0 Å². The van der Waals surface area contributed by atoms with Gasteiger partial charge in [-0.25, -0.2) is 0 Å². The summed E-state index contributed by atoms with van der Waals surface area (Å²) in [5, 5.41) is 15.1. The highest BCUT2D eigenvalue weighted by molar-refractivity contribution is 6.31. The maximum Gasteiger partial charge on any atom is 0.143 e. The van der Waals surface area contributed by atoms with Crippen LogP contribution in [0, 0.1) is 13.8 Å². The van der Waals surface area contributed by atoms with Crippen LogP contribution in [0.5, 0.6) is 0 Å². The van der Waals surface area contributed by atoms with Crippen molar-refractivity contribution >= 4 is 75.8 Å². The standard InChI is InChI=1S/C50H32O/c1-29-18-22-36(34-12-5-3-10-32(29)34)37-24-20-31-21-25-41-45(38-23-19-30(2)33-11-4-6-13-35(33)38)28-46(42-27-26-40(37)48(31)49(41)42)44-16-9-15-43-39-14-7-8-17-47(39)51-50(43)44/h3-28H,1-2H3. The molecular formula is C50H32O. The predicted octanol–water partition coefficient (Wildman–Crippen LogP) is 14.4. The quantitative estimate of drug-likeness (QED) is 0.174. The summed E-state index contributed by atoms with van der Waals surface area (Å²) >= 11 is 0. The van der Waals surface area contributed by atoms with E-state index in [4.69, 9.17) is 4.42 Å². The Kier molecular flexibility index (Phi) is 5.86. The van der Waals surface area contributed by atoms with Crippen molar-refractivity contribution in [2.45, 2.75) is 13.8 Å². The normalized spacial score (nSPS) is 12.1. The highest BCUT2D eigenvalue weighted by Gasteiger charge is 2.22. The summed E-state index contributed by atoms with van der Waals surface area (Å²) in [6.45, 7) is 4.41. The second kappa shape index (κ2) is 10.5. The highest BCUT2D eigenvalue weighted by Crippen LogP contribution is 2.49.